The van der Waals surface area contributed by atoms with E-state index < -0.39 is 5.97 Å². The van der Waals surface area contributed by atoms with E-state index >= 15 is 0 Å². The van der Waals surface area contributed by atoms with E-state index in [1.165, 1.54) is 6.07 Å². The standard InChI is InChI=1S/C9H8BrClO2/c1-5-2-6(11)3-7(9(12)13)8(5)4-10/h2-3H,4H2,1H3,(H,12,13). The minimum atomic E-state index is -0.944. The van der Waals surface area contributed by atoms with Crippen LogP contribution in [0.25, 0.3) is 0 Å². The van der Waals surface area contributed by atoms with E-state index in [-0.39, 0.29) is 5.56 Å². The Labute approximate surface area is 89.7 Å². The maximum atomic E-state index is 10.8. The molecule has 0 heterocycles. The van der Waals surface area contributed by atoms with Crippen LogP contribution in [-0.4, -0.2) is 11.1 Å². The average Bonchev–Trinajstić information content (AvgIpc) is 2.02. The second-order valence-corrected chi connectivity index (χ2v) is 3.68. The van der Waals surface area contributed by atoms with E-state index in [9.17, 15) is 4.79 Å². The van der Waals surface area contributed by atoms with Crippen LogP contribution in [0.15, 0.2) is 12.1 Å². The Morgan fingerprint density at radius 2 is 2.23 bits per heavy atom. The number of benzene rings is 1. The highest BCUT2D eigenvalue weighted by Gasteiger charge is 2.12. The number of carboxylic acids is 1. The zero-order chi connectivity index (χ0) is 10.0. The second kappa shape index (κ2) is 4.11. The van der Waals surface area contributed by atoms with Crippen molar-refractivity contribution in [3.05, 3.63) is 33.8 Å². The Bertz CT molecular complexity index is 350. The lowest BCUT2D eigenvalue weighted by atomic mass is 10.0. The summed E-state index contributed by atoms with van der Waals surface area (Å²) in [5.74, 6) is -0.944. The van der Waals surface area contributed by atoms with Gasteiger partial charge in [0.1, 0.15) is 0 Å². The molecular formula is C9H8BrClO2. The van der Waals surface area contributed by atoms with Crippen molar-refractivity contribution in [2.24, 2.45) is 0 Å². The van der Waals surface area contributed by atoms with Gasteiger partial charge in [0.15, 0.2) is 0 Å². The zero-order valence-corrected chi connectivity index (χ0v) is 9.32. The van der Waals surface area contributed by atoms with Gasteiger partial charge in [0.2, 0.25) is 0 Å². The molecule has 1 aromatic rings. The molecule has 13 heavy (non-hydrogen) atoms. The highest BCUT2D eigenvalue weighted by molar-refractivity contribution is 9.08. The van der Waals surface area contributed by atoms with Crippen LogP contribution in [-0.2, 0) is 5.33 Å². The van der Waals surface area contributed by atoms with Crippen LogP contribution >= 0.6 is 27.5 Å². The number of alkyl halides is 1. The quantitative estimate of drug-likeness (QED) is 0.832. The van der Waals surface area contributed by atoms with Crippen molar-refractivity contribution >= 4 is 33.5 Å². The largest absolute Gasteiger partial charge is 0.478 e. The van der Waals surface area contributed by atoms with E-state index in [2.05, 4.69) is 15.9 Å². The van der Waals surface area contributed by atoms with E-state index in [1.54, 1.807) is 6.07 Å². The molecule has 0 unspecified atom stereocenters. The molecule has 0 saturated heterocycles. The van der Waals surface area contributed by atoms with Crippen molar-refractivity contribution in [3.8, 4) is 0 Å². The number of hydrogen-bond donors (Lipinski definition) is 1. The molecule has 1 N–H and O–H groups in total. The summed E-state index contributed by atoms with van der Waals surface area (Å²) in [5.41, 5.74) is 1.93. The van der Waals surface area contributed by atoms with Crippen LogP contribution in [0.3, 0.4) is 0 Å². The Balaban J connectivity index is 3.38. The minimum absolute atomic E-state index is 0.266. The molecule has 1 aromatic carbocycles. The van der Waals surface area contributed by atoms with Crippen molar-refractivity contribution in [2.45, 2.75) is 12.3 Å². The van der Waals surface area contributed by atoms with Crippen molar-refractivity contribution in [1.82, 2.24) is 0 Å². The molecule has 0 aliphatic carbocycles. The summed E-state index contributed by atoms with van der Waals surface area (Å²) in [7, 11) is 0. The summed E-state index contributed by atoms with van der Waals surface area (Å²) in [6.07, 6.45) is 0. The molecule has 4 heteroatoms. The van der Waals surface area contributed by atoms with E-state index in [4.69, 9.17) is 16.7 Å². The summed E-state index contributed by atoms with van der Waals surface area (Å²) in [5, 5.41) is 9.85. The first-order valence-corrected chi connectivity index (χ1v) is 5.14. The lowest BCUT2D eigenvalue weighted by Gasteiger charge is -2.07. The summed E-state index contributed by atoms with van der Waals surface area (Å²) < 4.78 is 0. The van der Waals surface area contributed by atoms with Crippen LogP contribution in [0.2, 0.25) is 5.02 Å². The molecule has 0 amide bonds. The maximum Gasteiger partial charge on any atom is 0.336 e. The topological polar surface area (TPSA) is 37.3 Å². The number of carbonyl (C=O) groups is 1. The second-order valence-electron chi connectivity index (χ2n) is 2.69. The van der Waals surface area contributed by atoms with Crippen LogP contribution in [0.1, 0.15) is 21.5 Å². The van der Waals surface area contributed by atoms with Crippen LogP contribution in [0, 0.1) is 6.92 Å². The fourth-order valence-corrected chi connectivity index (χ4v) is 2.16. The summed E-state index contributed by atoms with van der Waals surface area (Å²) in [4.78, 5) is 10.8. The third kappa shape index (κ3) is 2.23. The Morgan fingerprint density at radius 1 is 1.62 bits per heavy atom. The molecule has 0 atom stereocenters. The van der Waals surface area contributed by atoms with Gasteiger partial charge in [-0.2, -0.15) is 0 Å². The SMILES string of the molecule is Cc1cc(Cl)cc(C(=O)O)c1CBr. The van der Waals surface area contributed by atoms with Crippen LogP contribution < -0.4 is 0 Å². The smallest absolute Gasteiger partial charge is 0.336 e. The third-order valence-electron chi connectivity index (χ3n) is 1.80. The molecule has 0 aromatic heterocycles. The summed E-state index contributed by atoms with van der Waals surface area (Å²) in [6, 6.07) is 3.22. The van der Waals surface area contributed by atoms with Crippen molar-refractivity contribution in [3.63, 3.8) is 0 Å². The fraction of sp³-hybridized carbons (Fsp3) is 0.222. The zero-order valence-electron chi connectivity index (χ0n) is 6.97. The Kier molecular flexibility index (Phi) is 3.33. The highest BCUT2D eigenvalue weighted by atomic mass is 79.9. The van der Waals surface area contributed by atoms with E-state index in [0.717, 1.165) is 11.1 Å². The molecule has 0 fully saturated rings. The predicted octanol–water partition coefficient (Wildman–Crippen LogP) is 3.24. The highest BCUT2D eigenvalue weighted by Crippen LogP contribution is 2.22. The molecule has 2 nitrogen and oxygen atoms in total. The van der Waals surface area contributed by atoms with Gasteiger partial charge < -0.3 is 5.11 Å². The number of carboxylic acid groups (broad SMARTS) is 1. The van der Waals surface area contributed by atoms with Crippen LogP contribution in [0.5, 0.6) is 0 Å². The first-order chi connectivity index (χ1) is 6.06. The minimum Gasteiger partial charge on any atom is -0.478 e. The molecule has 0 radical (unpaired) electrons. The van der Waals surface area contributed by atoms with Crippen molar-refractivity contribution in [2.75, 3.05) is 0 Å². The van der Waals surface area contributed by atoms with Gasteiger partial charge in [0.25, 0.3) is 0 Å². The van der Waals surface area contributed by atoms with Gasteiger partial charge in [-0.3, -0.25) is 0 Å². The van der Waals surface area contributed by atoms with Crippen molar-refractivity contribution in [1.29, 1.82) is 0 Å². The lowest BCUT2D eigenvalue weighted by molar-refractivity contribution is 0.0696. The van der Waals surface area contributed by atoms with Gasteiger partial charge in [0.05, 0.1) is 5.56 Å². The van der Waals surface area contributed by atoms with Gasteiger partial charge in [-0.05, 0) is 30.2 Å². The molecule has 0 bridgehead atoms. The number of aromatic carboxylic acids is 1. The summed E-state index contributed by atoms with van der Waals surface area (Å²) >= 11 is 8.99. The molecule has 0 aliphatic rings. The monoisotopic (exact) mass is 262 g/mol. The normalized spacial score (nSPS) is 10.1. The van der Waals surface area contributed by atoms with Crippen LogP contribution in [0.4, 0.5) is 0 Å². The average molecular weight is 264 g/mol. The predicted molar refractivity (Wildman–Crippen MR) is 55.8 cm³/mol. The van der Waals surface area contributed by atoms with Gasteiger partial charge in [-0.1, -0.05) is 27.5 Å². The maximum absolute atomic E-state index is 10.8. The van der Waals surface area contributed by atoms with Gasteiger partial charge in [-0.25, -0.2) is 4.79 Å². The molecular weight excluding hydrogens is 255 g/mol. The Morgan fingerprint density at radius 3 is 2.69 bits per heavy atom. The molecule has 0 spiro atoms. The van der Waals surface area contributed by atoms with Crippen molar-refractivity contribution < 1.29 is 9.90 Å². The van der Waals surface area contributed by atoms with E-state index in [1.807, 2.05) is 6.92 Å². The third-order valence-corrected chi connectivity index (χ3v) is 2.58. The number of aryl methyl sites for hydroxylation is 1. The number of halogens is 2. The van der Waals surface area contributed by atoms with E-state index in [0.29, 0.717) is 10.4 Å². The first-order valence-electron chi connectivity index (χ1n) is 3.64. The van der Waals surface area contributed by atoms with Gasteiger partial charge in [0, 0.05) is 10.4 Å². The van der Waals surface area contributed by atoms with Gasteiger partial charge in [-0.15, -0.1) is 0 Å². The Hall–Kier alpha value is -0.540. The molecule has 0 saturated carbocycles. The summed E-state index contributed by atoms with van der Waals surface area (Å²) in [6.45, 7) is 1.84. The molecule has 70 valence electrons. The first kappa shape index (κ1) is 10.5. The molecule has 0 aliphatic heterocycles. The lowest BCUT2D eigenvalue weighted by Crippen LogP contribution is -2.02. The fourth-order valence-electron chi connectivity index (χ4n) is 1.14. The number of hydrogen-bond acceptors (Lipinski definition) is 1. The molecule has 1 rings (SSSR count). The van der Waals surface area contributed by atoms with Gasteiger partial charge >= 0.3 is 5.97 Å². The number of rotatable bonds is 2.